The van der Waals surface area contributed by atoms with Crippen molar-refractivity contribution in [3.63, 3.8) is 0 Å². The summed E-state index contributed by atoms with van der Waals surface area (Å²) >= 11 is 3.40. The highest BCUT2D eigenvalue weighted by Gasteiger charge is 2.25. The second-order valence-corrected chi connectivity index (χ2v) is 6.13. The first-order chi connectivity index (χ1) is 9.55. The summed E-state index contributed by atoms with van der Waals surface area (Å²) in [5.74, 6) is 1.73. The topological polar surface area (TPSA) is 47.6 Å². The van der Waals surface area contributed by atoms with Gasteiger partial charge in [-0.2, -0.15) is 0 Å². The number of hydrogen-bond acceptors (Lipinski definition) is 3. The zero-order chi connectivity index (χ0) is 14.7. The van der Waals surface area contributed by atoms with E-state index in [9.17, 15) is 4.79 Å². The Hall–Kier alpha value is -1.23. The Morgan fingerprint density at radius 1 is 1.30 bits per heavy atom. The van der Waals surface area contributed by atoms with E-state index in [1.807, 2.05) is 0 Å². The lowest BCUT2D eigenvalue weighted by molar-refractivity contribution is 0.0933. The van der Waals surface area contributed by atoms with Gasteiger partial charge in [-0.1, -0.05) is 6.92 Å². The van der Waals surface area contributed by atoms with Gasteiger partial charge in [-0.15, -0.1) is 0 Å². The molecule has 1 fully saturated rings. The fourth-order valence-corrected chi connectivity index (χ4v) is 3.26. The Morgan fingerprint density at radius 3 is 2.60 bits per heavy atom. The van der Waals surface area contributed by atoms with Crippen molar-refractivity contribution < 1.29 is 14.3 Å². The molecule has 0 aliphatic heterocycles. The number of ether oxygens (including phenoxy) is 2. The molecule has 0 bridgehead atoms. The molecule has 20 heavy (non-hydrogen) atoms. The average molecular weight is 342 g/mol. The number of amides is 1. The van der Waals surface area contributed by atoms with Gasteiger partial charge in [-0.3, -0.25) is 4.79 Å². The first-order valence-corrected chi connectivity index (χ1v) is 7.56. The molecule has 1 aromatic carbocycles. The van der Waals surface area contributed by atoms with Gasteiger partial charge in [0, 0.05) is 6.04 Å². The minimum absolute atomic E-state index is 0.111. The zero-order valence-corrected chi connectivity index (χ0v) is 13.6. The summed E-state index contributed by atoms with van der Waals surface area (Å²) in [5.41, 5.74) is 0.498. The Kier molecular flexibility index (Phi) is 4.91. The van der Waals surface area contributed by atoms with Crippen LogP contribution >= 0.6 is 15.9 Å². The fraction of sp³-hybridized carbons (Fsp3) is 0.533. The van der Waals surface area contributed by atoms with Crippen LogP contribution in [-0.2, 0) is 0 Å². The molecule has 0 spiro atoms. The number of nitrogens with one attached hydrogen (secondary N) is 1. The molecule has 0 heterocycles. The van der Waals surface area contributed by atoms with Crippen LogP contribution in [0.2, 0.25) is 0 Å². The van der Waals surface area contributed by atoms with Crippen LogP contribution < -0.4 is 14.8 Å². The largest absolute Gasteiger partial charge is 0.497 e. The quantitative estimate of drug-likeness (QED) is 0.913. The van der Waals surface area contributed by atoms with Crippen LogP contribution in [-0.4, -0.2) is 26.2 Å². The van der Waals surface area contributed by atoms with Crippen molar-refractivity contribution >= 4 is 21.8 Å². The van der Waals surface area contributed by atoms with Gasteiger partial charge in [0.1, 0.15) is 11.5 Å². The average Bonchev–Trinajstić information content (AvgIpc) is 2.83. The molecule has 1 aliphatic rings. The number of benzene rings is 1. The first kappa shape index (κ1) is 15.2. The summed E-state index contributed by atoms with van der Waals surface area (Å²) in [7, 11) is 3.13. The van der Waals surface area contributed by atoms with Crippen LogP contribution in [0.4, 0.5) is 0 Å². The third kappa shape index (κ3) is 3.26. The zero-order valence-electron chi connectivity index (χ0n) is 12.0. The molecular formula is C15H20BrNO3. The number of rotatable bonds is 4. The number of methoxy groups -OCH3 is 2. The van der Waals surface area contributed by atoms with E-state index in [4.69, 9.17) is 9.47 Å². The highest BCUT2D eigenvalue weighted by Crippen LogP contribution is 2.34. The summed E-state index contributed by atoms with van der Waals surface area (Å²) in [6.45, 7) is 2.22. The van der Waals surface area contributed by atoms with Crippen LogP contribution in [0.5, 0.6) is 11.5 Å². The van der Waals surface area contributed by atoms with Crippen molar-refractivity contribution in [2.45, 2.75) is 32.2 Å². The monoisotopic (exact) mass is 341 g/mol. The summed E-state index contributed by atoms with van der Waals surface area (Å²) in [6, 6.07) is 3.75. The number of carbonyl (C=O) groups is 1. The summed E-state index contributed by atoms with van der Waals surface area (Å²) < 4.78 is 11.2. The maximum atomic E-state index is 12.4. The maximum Gasteiger partial charge on any atom is 0.255 e. The number of hydrogen-bond donors (Lipinski definition) is 1. The van der Waals surface area contributed by atoms with Crippen molar-refractivity contribution in [2.75, 3.05) is 14.2 Å². The third-order valence-electron chi connectivity index (χ3n) is 3.73. The van der Waals surface area contributed by atoms with Crippen molar-refractivity contribution in [3.8, 4) is 11.5 Å². The molecule has 1 aliphatic carbocycles. The van der Waals surface area contributed by atoms with Gasteiger partial charge in [0.05, 0.1) is 24.3 Å². The lowest BCUT2D eigenvalue weighted by atomic mass is 10.1. The molecule has 0 aromatic heterocycles. The maximum absolute atomic E-state index is 12.4. The lowest BCUT2D eigenvalue weighted by Crippen LogP contribution is -2.33. The predicted octanol–water partition coefficient (Wildman–Crippen LogP) is 3.38. The number of carbonyl (C=O) groups excluding carboxylic acids is 1. The van der Waals surface area contributed by atoms with E-state index >= 15 is 0 Å². The molecule has 1 amide bonds. The second-order valence-electron chi connectivity index (χ2n) is 5.28. The molecule has 110 valence electrons. The van der Waals surface area contributed by atoms with E-state index in [1.165, 1.54) is 6.42 Å². The van der Waals surface area contributed by atoms with Crippen molar-refractivity contribution in [1.29, 1.82) is 0 Å². The van der Waals surface area contributed by atoms with E-state index in [0.717, 1.165) is 12.8 Å². The SMILES string of the molecule is COc1cc(Br)c(OC)c(C(=O)NC2CCC(C)C2)c1. The van der Waals surface area contributed by atoms with E-state index < -0.39 is 0 Å². The fourth-order valence-electron chi connectivity index (χ4n) is 2.66. The normalized spacial score (nSPS) is 21.6. The molecule has 4 nitrogen and oxygen atoms in total. The van der Waals surface area contributed by atoms with Crippen LogP contribution in [0.25, 0.3) is 0 Å². The Bertz CT molecular complexity index is 504. The predicted molar refractivity (Wildman–Crippen MR) is 81.5 cm³/mol. The smallest absolute Gasteiger partial charge is 0.255 e. The first-order valence-electron chi connectivity index (χ1n) is 6.77. The minimum Gasteiger partial charge on any atom is -0.497 e. The molecule has 5 heteroatoms. The Balaban J connectivity index is 2.21. The Labute approximate surface area is 128 Å². The van der Waals surface area contributed by atoms with E-state index in [-0.39, 0.29) is 11.9 Å². The van der Waals surface area contributed by atoms with E-state index in [0.29, 0.717) is 27.5 Å². The molecule has 0 saturated heterocycles. The van der Waals surface area contributed by atoms with Crippen LogP contribution in [0, 0.1) is 5.92 Å². The van der Waals surface area contributed by atoms with Gasteiger partial charge in [-0.25, -0.2) is 0 Å². The van der Waals surface area contributed by atoms with Crippen LogP contribution in [0.15, 0.2) is 16.6 Å². The molecule has 0 radical (unpaired) electrons. The van der Waals surface area contributed by atoms with Gasteiger partial charge in [0.25, 0.3) is 5.91 Å². The van der Waals surface area contributed by atoms with Crippen LogP contribution in [0.1, 0.15) is 36.5 Å². The highest BCUT2D eigenvalue weighted by atomic mass is 79.9. The molecule has 1 N–H and O–H groups in total. The van der Waals surface area contributed by atoms with E-state index in [1.54, 1.807) is 26.4 Å². The number of halogens is 1. The summed E-state index contributed by atoms with van der Waals surface area (Å²) in [5, 5.41) is 3.08. The lowest BCUT2D eigenvalue weighted by Gasteiger charge is -2.16. The highest BCUT2D eigenvalue weighted by molar-refractivity contribution is 9.10. The van der Waals surface area contributed by atoms with Crippen molar-refractivity contribution in [1.82, 2.24) is 5.32 Å². The third-order valence-corrected chi connectivity index (χ3v) is 4.32. The molecule has 2 rings (SSSR count). The van der Waals surface area contributed by atoms with Gasteiger partial charge >= 0.3 is 0 Å². The van der Waals surface area contributed by atoms with Crippen molar-refractivity contribution in [2.24, 2.45) is 5.92 Å². The molecular weight excluding hydrogens is 322 g/mol. The van der Waals surface area contributed by atoms with Gasteiger partial charge in [0.15, 0.2) is 0 Å². The Morgan fingerprint density at radius 2 is 2.05 bits per heavy atom. The minimum atomic E-state index is -0.111. The summed E-state index contributed by atoms with van der Waals surface area (Å²) in [6.07, 6.45) is 3.25. The summed E-state index contributed by atoms with van der Waals surface area (Å²) in [4.78, 5) is 12.4. The van der Waals surface area contributed by atoms with Crippen molar-refractivity contribution in [3.05, 3.63) is 22.2 Å². The molecule has 2 atom stereocenters. The van der Waals surface area contributed by atoms with Crippen LogP contribution in [0.3, 0.4) is 0 Å². The molecule has 1 saturated carbocycles. The van der Waals surface area contributed by atoms with Gasteiger partial charge in [-0.05, 0) is 53.2 Å². The molecule has 2 unspecified atom stereocenters. The van der Waals surface area contributed by atoms with Gasteiger partial charge < -0.3 is 14.8 Å². The van der Waals surface area contributed by atoms with E-state index in [2.05, 4.69) is 28.2 Å². The second kappa shape index (κ2) is 6.48. The van der Waals surface area contributed by atoms with Gasteiger partial charge in [0.2, 0.25) is 0 Å². The molecule has 1 aromatic rings. The standard InChI is InChI=1S/C15H20BrNO3/c1-9-4-5-10(6-9)17-15(18)12-7-11(19-2)8-13(16)14(12)20-3/h7-10H,4-6H2,1-3H3,(H,17,18).